The molecule has 1 aromatic carbocycles. The molecule has 0 atom stereocenters. The van der Waals surface area contributed by atoms with E-state index in [1.165, 1.54) is 13.0 Å². The van der Waals surface area contributed by atoms with Crippen LogP contribution in [0.3, 0.4) is 0 Å². The Balaban J connectivity index is 2.46. The molecule has 0 fully saturated rings. The maximum Gasteiger partial charge on any atom is 0.433 e. The minimum absolute atomic E-state index is 0.147. The molecule has 0 aliphatic rings. The van der Waals surface area contributed by atoms with E-state index in [4.69, 9.17) is 5.11 Å². The molecule has 0 spiro atoms. The first-order valence-corrected chi connectivity index (χ1v) is 7.43. The molecule has 1 amide bonds. The number of pyridine rings is 1. The summed E-state index contributed by atoms with van der Waals surface area (Å²) in [7, 11) is 0. The number of hydrogen-bond donors (Lipinski definition) is 2. The highest BCUT2D eigenvalue weighted by Gasteiger charge is 2.36. The molecule has 1 heterocycles. The first-order chi connectivity index (χ1) is 12.1. The standard InChI is InChI=1S/C17H14F4N2O3/c1-9-2-4-22-15(17(19,20)21)14(9)10-6-11(8-12(18)7-10)16(26)23-5-3-13(24)25/h2,4,6-8H,3,5H2,1H3,(H,23,26)(H,24,25). The van der Waals surface area contributed by atoms with Gasteiger partial charge < -0.3 is 10.4 Å². The fourth-order valence-electron chi connectivity index (χ4n) is 2.39. The van der Waals surface area contributed by atoms with Crippen LogP contribution in [-0.2, 0) is 11.0 Å². The third-order valence-corrected chi connectivity index (χ3v) is 3.50. The minimum atomic E-state index is -4.75. The number of carbonyl (C=O) groups excluding carboxylic acids is 1. The molecule has 0 aliphatic carbocycles. The van der Waals surface area contributed by atoms with Crippen LogP contribution in [0.2, 0.25) is 0 Å². The van der Waals surface area contributed by atoms with E-state index >= 15 is 0 Å². The number of alkyl halides is 3. The number of aliphatic carboxylic acids is 1. The van der Waals surface area contributed by atoms with Crippen molar-refractivity contribution in [2.75, 3.05) is 6.54 Å². The molecule has 5 nitrogen and oxygen atoms in total. The maximum atomic E-state index is 13.9. The normalized spacial score (nSPS) is 11.3. The molecule has 0 saturated heterocycles. The van der Waals surface area contributed by atoms with Crippen LogP contribution in [0.1, 0.15) is 28.0 Å². The lowest BCUT2D eigenvalue weighted by Crippen LogP contribution is -2.26. The van der Waals surface area contributed by atoms with Crippen LogP contribution in [0.4, 0.5) is 17.6 Å². The third-order valence-electron chi connectivity index (χ3n) is 3.50. The van der Waals surface area contributed by atoms with Crippen molar-refractivity contribution in [1.29, 1.82) is 0 Å². The van der Waals surface area contributed by atoms with Gasteiger partial charge in [-0.2, -0.15) is 13.2 Å². The summed E-state index contributed by atoms with van der Waals surface area (Å²) in [4.78, 5) is 25.8. The number of aryl methyl sites for hydroxylation is 1. The fourth-order valence-corrected chi connectivity index (χ4v) is 2.39. The highest BCUT2D eigenvalue weighted by atomic mass is 19.4. The molecule has 9 heteroatoms. The summed E-state index contributed by atoms with van der Waals surface area (Å²) in [6, 6.07) is 4.20. The SMILES string of the molecule is Cc1ccnc(C(F)(F)F)c1-c1cc(F)cc(C(=O)NCCC(=O)O)c1. The smallest absolute Gasteiger partial charge is 0.433 e. The highest BCUT2D eigenvalue weighted by Crippen LogP contribution is 2.37. The summed E-state index contributed by atoms with van der Waals surface area (Å²) in [6.07, 6.45) is -4.09. The topological polar surface area (TPSA) is 79.3 Å². The van der Waals surface area contributed by atoms with Crippen LogP contribution in [0.5, 0.6) is 0 Å². The molecule has 0 saturated carbocycles. The lowest BCUT2D eigenvalue weighted by atomic mass is 9.96. The van der Waals surface area contributed by atoms with Crippen molar-refractivity contribution in [2.24, 2.45) is 0 Å². The Kier molecular flexibility index (Phi) is 5.59. The second kappa shape index (κ2) is 7.51. The lowest BCUT2D eigenvalue weighted by Gasteiger charge is -2.15. The predicted molar refractivity (Wildman–Crippen MR) is 84.0 cm³/mol. The van der Waals surface area contributed by atoms with E-state index in [0.29, 0.717) is 0 Å². The van der Waals surface area contributed by atoms with E-state index in [0.717, 1.165) is 24.4 Å². The van der Waals surface area contributed by atoms with Gasteiger partial charge in [0, 0.05) is 23.9 Å². The molecular weight excluding hydrogens is 356 g/mol. The Bertz CT molecular complexity index is 850. The Labute approximate surface area is 145 Å². The summed E-state index contributed by atoms with van der Waals surface area (Å²) in [5.74, 6) is -2.82. The van der Waals surface area contributed by atoms with E-state index < -0.39 is 29.6 Å². The van der Waals surface area contributed by atoms with E-state index in [9.17, 15) is 27.2 Å². The molecule has 2 rings (SSSR count). The van der Waals surface area contributed by atoms with Crippen LogP contribution >= 0.6 is 0 Å². The van der Waals surface area contributed by atoms with Crippen LogP contribution in [0.15, 0.2) is 30.5 Å². The predicted octanol–water partition coefficient (Wildman–Crippen LogP) is 3.42. The van der Waals surface area contributed by atoms with Crippen LogP contribution < -0.4 is 5.32 Å². The van der Waals surface area contributed by atoms with Gasteiger partial charge in [0.05, 0.1) is 6.42 Å². The Morgan fingerprint density at radius 2 is 1.92 bits per heavy atom. The quantitative estimate of drug-likeness (QED) is 0.791. The summed E-state index contributed by atoms with van der Waals surface area (Å²) in [6.45, 7) is 1.23. The van der Waals surface area contributed by atoms with Gasteiger partial charge in [0.15, 0.2) is 5.69 Å². The number of amides is 1. The maximum absolute atomic E-state index is 13.9. The van der Waals surface area contributed by atoms with E-state index in [-0.39, 0.29) is 35.2 Å². The van der Waals surface area contributed by atoms with Crippen molar-refractivity contribution in [2.45, 2.75) is 19.5 Å². The molecule has 0 radical (unpaired) electrons. The van der Waals surface area contributed by atoms with Gasteiger partial charge in [-0.1, -0.05) is 0 Å². The first kappa shape index (κ1) is 19.4. The second-order valence-corrected chi connectivity index (χ2v) is 5.48. The number of carboxylic acids is 1. The molecule has 1 aromatic heterocycles. The number of benzene rings is 1. The third kappa shape index (κ3) is 4.56. The number of rotatable bonds is 5. The fraction of sp³-hybridized carbons (Fsp3) is 0.235. The molecular formula is C17H14F4N2O3. The van der Waals surface area contributed by atoms with E-state index in [2.05, 4.69) is 10.3 Å². The molecule has 2 N–H and O–H groups in total. The summed E-state index contributed by atoms with van der Waals surface area (Å²) >= 11 is 0. The number of carbonyl (C=O) groups is 2. The van der Waals surface area contributed by atoms with Crippen molar-refractivity contribution in [3.63, 3.8) is 0 Å². The number of hydrogen-bond acceptors (Lipinski definition) is 3. The molecule has 0 aliphatic heterocycles. The number of nitrogens with zero attached hydrogens (tertiary/aromatic N) is 1. The van der Waals surface area contributed by atoms with Gasteiger partial charge in [-0.3, -0.25) is 14.6 Å². The van der Waals surface area contributed by atoms with Crippen LogP contribution in [0.25, 0.3) is 11.1 Å². The lowest BCUT2D eigenvalue weighted by molar-refractivity contribution is -0.140. The molecule has 2 aromatic rings. The molecule has 138 valence electrons. The van der Waals surface area contributed by atoms with Gasteiger partial charge in [-0.05, 0) is 42.3 Å². The monoisotopic (exact) mass is 370 g/mol. The molecule has 0 bridgehead atoms. The zero-order chi connectivity index (χ0) is 19.5. The van der Waals surface area contributed by atoms with Gasteiger partial charge in [-0.15, -0.1) is 0 Å². The Morgan fingerprint density at radius 3 is 2.54 bits per heavy atom. The van der Waals surface area contributed by atoms with Crippen LogP contribution in [-0.4, -0.2) is 28.5 Å². The van der Waals surface area contributed by atoms with Gasteiger partial charge in [0.2, 0.25) is 0 Å². The summed E-state index contributed by atoms with van der Waals surface area (Å²) in [5.41, 5.74) is -1.65. The van der Waals surface area contributed by atoms with Crippen molar-refractivity contribution in [3.8, 4) is 11.1 Å². The minimum Gasteiger partial charge on any atom is -0.481 e. The highest BCUT2D eigenvalue weighted by molar-refractivity contribution is 5.95. The van der Waals surface area contributed by atoms with Crippen molar-refractivity contribution >= 4 is 11.9 Å². The number of aromatic nitrogens is 1. The summed E-state index contributed by atoms with van der Waals surface area (Å²) in [5, 5.41) is 10.8. The first-order valence-electron chi connectivity index (χ1n) is 7.43. The second-order valence-electron chi connectivity index (χ2n) is 5.48. The van der Waals surface area contributed by atoms with Crippen molar-refractivity contribution in [3.05, 3.63) is 53.1 Å². The Morgan fingerprint density at radius 1 is 1.23 bits per heavy atom. The van der Waals surface area contributed by atoms with E-state index in [1.807, 2.05) is 0 Å². The summed E-state index contributed by atoms with van der Waals surface area (Å²) < 4.78 is 53.6. The van der Waals surface area contributed by atoms with E-state index in [1.54, 1.807) is 0 Å². The zero-order valence-corrected chi connectivity index (χ0v) is 13.5. The van der Waals surface area contributed by atoms with Crippen LogP contribution in [0, 0.1) is 12.7 Å². The van der Waals surface area contributed by atoms with Gasteiger partial charge in [-0.25, -0.2) is 4.39 Å². The molecule has 0 unspecified atom stereocenters. The average Bonchev–Trinajstić information content (AvgIpc) is 2.52. The van der Waals surface area contributed by atoms with Gasteiger partial charge >= 0.3 is 12.1 Å². The number of halogens is 4. The number of nitrogens with one attached hydrogen (secondary N) is 1. The Hall–Kier alpha value is -2.97. The van der Waals surface area contributed by atoms with Crippen molar-refractivity contribution in [1.82, 2.24) is 10.3 Å². The average molecular weight is 370 g/mol. The largest absolute Gasteiger partial charge is 0.481 e. The van der Waals surface area contributed by atoms with Crippen molar-refractivity contribution < 1.29 is 32.3 Å². The number of carboxylic acid groups (broad SMARTS) is 1. The van der Waals surface area contributed by atoms with Gasteiger partial charge in [0.25, 0.3) is 5.91 Å². The molecule has 26 heavy (non-hydrogen) atoms. The zero-order valence-electron chi connectivity index (χ0n) is 13.5. The van der Waals surface area contributed by atoms with Gasteiger partial charge in [0.1, 0.15) is 5.82 Å².